The lowest BCUT2D eigenvalue weighted by atomic mass is 9.91. The number of rotatable bonds is 3. The van der Waals surface area contributed by atoms with Crippen molar-refractivity contribution in [1.29, 1.82) is 0 Å². The molecular weight excluding hydrogens is 286 g/mol. The van der Waals surface area contributed by atoms with E-state index in [0.29, 0.717) is 30.2 Å². The molecule has 7 heteroatoms. The van der Waals surface area contributed by atoms with Gasteiger partial charge >= 0.3 is 12.0 Å². The van der Waals surface area contributed by atoms with Crippen molar-refractivity contribution in [3.8, 4) is 5.88 Å². The molecule has 2 amide bonds. The van der Waals surface area contributed by atoms with Crippen molar-refractivity contribution < 1.29 is 19.4 Å². The number of aromatic nitrogens is 1. The number of likely N-dealkylation sites (tertiary alicyclic amines) is 1. The van der Waals surface area contributed by atoms with E-state index in [9.17, 15) is 9.59 Å². The highest BCUT2D eigenvalue weighted by Crippen LogP contribution is 2.23. The van der Waals surface area contributed by atoms with Gasteiger partial charge in [-0.15, -0.1) is 0 Å². The Morgan fingerprint density at radius 2 is 2.14 bits per heavy atom. The SMILES string of the molecule is COc1ccc(NC(=O)N2CC(C)CC(C(=O)O)C2)c(C)n1. The number of ether oxygens (including phenoxy) is 1. The fourth-order valence-electron chi connectivity index (χ4n) is 2.67. The average molecular weight is 307 g/mol. The number of aryl methyl sites for hydroxylation is 1. The summed E-state index contributed by atoms with van der Waals surface area (Å²) in [4.78, 5) is 29.3. The molecule has 1 aromatic rings. The van der Waals surface area contributed by atoms with E-state index in [4.69, 9.17) is 9.84 Å². The van der Waals surface area contributed by atoms with E-state index in [1.165, 1.54) is 7.11 Å². The molecule has 1 aromatic heterocycles. The zero-order valence-electron chi connectivity index (χ0n) is 13.0. The number of carboxylic acids is 1. The third kappa shape index (κ3) is 3.66. The summed E-state index contributed by atoms with van der Waals surface area (Å²) in [5, 5.41) is 12.0. The first-order valence-corrected chi connectivity index (χ1v) is 7.21. The molecule has 2 unspecified atom stereocenters. The number of piperidine rings is 1. The van der Waals surface area contributed by atoms with Crippen LogP contribution in [0, 0.1) is 18.8 Å². The number of anilines is 1. The van der Waals surface area contributed by atoms with Crippen LogP contribution >= 0.6 is 0 Å². The molecule has 0 radical (unpaired) electrons. The van der Waals surface area contributed by atoms with Gasteiger partial charge in [0.25, 0.3) is 0 Å². The number of aliphatic carboxylic acids is 1. The van der Waals surface area contributed by atoms with E-state index >= 15 is 0 Å². The molecule has 2 heterocycles. The van der Waals surface area contributed by atoms with Gasteiger partial charge in [-0.25, -0.2) is 9.78 Å². The second kappa shape index (κ2) is 6.64. The van der Waals surface area contributed by atoms with Crippen molar-refractivity contribution >= 4 is 17.7 Å². The summed E-state index contributed by atoms with van der Waals surface area (Å²) in [6, 6.07) is 3.09. The van der Waals surface area contributed by atoms with Gasteiger partial charge in [0.2, 0.25) is 5.88 Å². The number of nitrogens with one attached hydrogen (secondary N) is 1. The summed E-state index contributed by atoms with van der Waals surface area (Å²) in [7, 11) is 1.53. The number of carbonyl (C=O) groups excluding carboxylic acids is 1. The number of carbonyl (C=O) groups is 2. The maximum atomic E-state index is 12.4. The maximum Gasteiger partial charge on any atom is 0.321 e. The first-order valence-electron chi connectivity index (χ1n) is 7.21. The number of hydrogen-bond donors (Lipinski definition) is 2. The Hall–Kier alpha value is -2.31. The number of carboxylic acid groups (broad SMARTS) is 1. The Balaban J connectivity index is 2.06. The molecule has 1 fully saturated rings. The topological polar surface area (TPSA) is 91.8 Å². The second-order valence-electron chi connectivity index (χ2n) is 5.70. The summed E-state index contributed by atoms with van der Waals surface area (Å²) < 4.78 is 5.03. The van der Waals surface area contributed by atoms with Gasteiger partial charge in [0, 0.05) is 19.2 Å². The fourth-order valence-corrected chi connectivity index (χ4v) is 2.67. The molecule has 0 saturated carbocycles. The first kappa shape index (κ1) is 16.1. The number of amides is 2. The average Bonchev–Trinajstić information content (AvgIpc) is 2.48. The summed E-state index contributed by atoms with van der Waals surface area (Å²) in [6.07, 6.45) is 0.599. The second-order valence-corrected chi connectivity index (χ2v) is 5.70. The lowest BCUT2D eigenvalue weighted by Crippen LogP contribution is -2.47. The van der Waals surface area contributed by atoms with Crippen LogP contribution < -0.4 is 10.1 Å². The van der Waals surface area contributed by atoms with Crippen LogP contribution in [0.4, 0.5) is 10.5 Å². The van der Waals surface area contributed by atoms with Crippen LogP contribution in [0.5, 0.6) is 5.88 Å². The van der Waals surface area contributed by atoms with E-state index in [0.717, 1.165) is 0 Å². The first-order chi connectivity index (χ1) is 10.4. The van der Waals surface area contributed by atoms with Crippen LogP contribution in [0.2, 0.25) is 0 Å². The fraction of sp³-hybridized carbons (Fsp3) is 0.533. The highest BCUT2D eigenvalue weighted by molar-refractivity contribution is 5.90. The minimum Gasteiger partial charge on any atom is -0.481 e. The molecule has 0 bridgehead atoms. The number of hydrogen-bond acceptors (Lipinski definition) is 4. The van der Waals surface area contributed by atoms with Crippen molar-refractivity contribution in [1.82, 2.24) is 9.88 Å². The summed E-state index contributed by atoms with van der Waals surface area (Å²) in [5.41, 5.74) is 1.24. The minimum absolute atomic E-state index is 0.163. The molecule has 2 N–H and O–H groups in total. The zero-order chi connectivity index (χ0) is 16.3. The predicted molar refractivity (Wildman–Crippen MR) is 81.0 cm³/mol. The van der Waals surface area contributed by atoms with Gasteiger partial charge in [-0.1, -0.05) is 6.92 Å². The molecule has 22 heavy (non-hydrogen) atoms. The van der Waals surface area contributed by atoms with Crippen LogP contribution in [0.15, 0.2) is 12.1 Å². The van der Waals surface area contributed by atoms with Crippen molar-refractivity contribution in [2.24, 2.45) is 11.8 Å². The van der Waals surface area contributed by atoms with Gasteiger partial charge in [-0.05, 0) is 25.3 Å². The third-order valence-electron chi connectivity index (χ3n) is 3.81. The van der Waals surface area contributed by atoms with Crippen molar-refractivity contribution in [2.75, 3.05) is 25.5 Å². The van der Waals surface area contributed by atoms with E-state index < -0.39 is 11.9 Å². The summed E-state index contributed by atoms with van der Waals surface area (Å²) in [5.74, 6) is -0.722. The summed E-state index contributed by atoms with van der Waals surface area (Å²) in [6.45, 7) is 4.51. The number of pyridine rings is 1. The molecule has 0 aromatic carbocycles. The Morgan fingerprint density at radius 1 is 1.41 bits per heavy atom. The van der Waals surface area contributed by atoms with Crippen LogP contribution in [-0.4, -0.2) is 47.2 Å². The molecule has 0 aliphatic carbocycles. The van der Waals surface area contributed by atoms with Crippen molar-refractivity contribution in [3.05, 3.63) is 17.8 Å². The largest absolute Gasteiger partial charge is 0.481 e. The molecule has 120 valence electrons. The van der Waals surface area contributed by atoms with E-state index in [-0.39, 0.29) is 18.5 Å². The van der Waals surface area contributed by atoms with Crippen molar-refractivity contribution in [2.45, 2.75) is 20.3 Å². The lowest BCUT2D eigenvalue weighted by molar-refractivity contribution is -0.143. The molecule has 1 saturated heterocycles. The van der Waals surface area contributed by atoms with Crippen LogP contribution in [0.3, 0.4) is 0 Å². The molecule has 1 aliphatic rings. The Kier molecular flexibility index (Phi) is 4.85. The normalized spacial score (nSPS) is 21.3. The quantitative estimate of drug-likeness (QED) is 0.891. The highest BCUT2D eigenvalue weighted by atomic mass is 16.5. The van der Waals surface area contributed by atoms with Crippen LogP contribution in [0.1, 0.15) is 19.0 Å². The third-order valence-corrected chi connectivity index (χ3v) is 3.81. The number of methoxy groups -OCH3 is 1. The van der Waals surface area contributed by atoms with Crippen LogP contribution in [0.25, 0.3) is 0 Å². The van der Waals surface area contributed by atoms with Gasteiger partial charge in [-0.2, -0.15) is 0 Å². The Morgan fingerprint density at radius 3 is 2.73 bits per heavy atom. The Labute approximate surface area is 129 Å². The van der Waals surface area contributed by atoms with Gasteiger partial charge in [-0.3, -0.25) is 4.79 Å². The Bertz CT molecular complexity index is 576. The summed E-state index contributed by atoms with van der Waals surface area (Å²) >= 11 is 0. The van der Waals surface area contributed by atoms with E-state index in [1.807, 2.05) is 6.92 Å². The number of nitrogens with zero attached hydrogens (tertiary/aromatic N) is 2. The smallest absolute Gasteiger partial charge is 0.321 e. The lowest BCUT2D eigenvalue weighted by Gasteiger charge is -2.34. The molecule has 1 aliphatic heterocycles. The highest BCUT2D eigenvalue weighted by Gasteiger charge is 2.32. The van der Waals surface area contributed by atoms with E-state index in [1.54, 1.807) is 24.0 Å². The molecule has 7 nitrogen and oxygen atoms in total. The van der Waals surface area contributed by atoms with Gasteiger partial charge in [0.15, 0.2) is 0 Å². The minimum atomic E-state index is -0.855. The molecule has 2 atom stereocenters. The predicted octanol–water partition coefficient (Wildman–Crippen LogP) is 1.97. The van der Waals surface area contributed by atoms with Gasteiger partial charge in [0.1, 0.15) is 0 Å². The molecule has 0 spiro atoms. The van der Waals surface area contributed by atoms with Gasteiger partial charge in [0.05, 0.1) is 24.4 Å². The monoisotopic (exact) mass is 307 g/mol. The molecular formula is C15H21N3O4. The zero-order valence-corrected chi connectivity index (χ0v) is 13.0. The molecule has 2 rings (SSSR count). The number of urea groups is 1. The van der Waals surface area contributed by atoms with Crippen molar-refractivity contribution in [3.63, 3.8) is 0 Å². The van der Waals surface area contributed by atoms with Crippen LogP contribution in [-0.2, 0) is 4.79 Å². The van der Waals surface area contributed by atoms with E-state index in [2.05, 4.69) is 10.3 Å². The maximum absolute atomic E-state index is 12.4. The van der Waals surface area contributed by atoms with Gasteiger partial charge < -0.3 is 20.1 Å². The standard InChI is InChI=1S/C15H21N3O4/c1-9-6-11(14(19)20)8-18(7-9)15(21)17-12-4-5-13(22-3)16-10(12)2/h4-5,9,11H,6-8H2,1-3H3,(H,17,21)(H,19,20).